The lowest BCUT2D eigenvalue weighted by Crippen LogP contribution is -2.41. The van der Waals surface area contributed by atoms with E-state index in [1.165, 1.54) is 10.5 Å². The summed E-state index contributed by atoms with van der Waals surface area (Å²) in [6, 6.07) is 15.5. The average Bonchev–Trinajstić information content (AvgIpc) is 2.92. The molecule has 5 heteroatoms. The summed E-state index contributed by atoms with van der Waals surface area (Å²) < 4.78 is 5.80. The number of rotatable bonds is 7. The van der Waals surface area contributed by atoms with Gasteiger partial charge in [-0.05, 0) is 54.9 Å². The third-order valence-electron chi connectivity index (χ3n) is 5.73. The van der Waals surface area contributed by atoms with Crippen LogP contribution in [0.25, 0.3) is 0 Å². The lowest BCUT2D eigenvalue weighted by atomic mass is 9.84. The Hall–Kier alpha value is -2.82. The molecule has 1 unspecified atom stereocenters. The molecule has 3 amide bonds. The van der Waals surface area contributed by atoms with Crippen molar-refractivity contribution in [2.75, 3.05) is 13.2 Å². The van der Waals surface area contributed by atoms with Crippen LogP contribution in [-0.2, 0) is 15.7 Å². The zero-order valence-electron chi connectivity index (χ0n) is 18.6. The molecule has 1 aliphatic rings. The van der Waals surface area contributed by atoms with Crippen LogP contribution in [0.2, 0.25) is 0 Å². The van der Waals surface area contributed by atoms with E-state index in [4.69, 9.17) is 4.74 Å². The molecular formula is C25H32N2O3. The number of hydrogen-bond donors (Lipinski definition) is 1. The maximum absolute atomic E-state index is 13.1. The summed E-state index contributed by atoms with van der Waals surface area (Å²) in [5, 5.41) is 2.89. The molecule has 1 saturated heterocycles. The van der Waals surface area contributed by atoms with Crippen molar-refractivity contribution in [2.45, 2.75) is 58.4 Å². The molecule has 2 aromatic rings. The zero-order chi connectivity index (χ0) is 21.9. The van der Waals surface area contributed by atoms with Gasteiger partial charge in [-0.25, -0.2) is 4.79 Å². The molecule has 0 bridgehead atoms. The third kappa shape index (κ3) is 4.50. The number of aryl methyl sites for hydroxylation is 1. The highest BCUT2D eigenvalue weighted by Gasteiger charge is 2.48. The smallest absolute Gasteiger partial charge is 0.325 e. The van der Waals surface area contributed by atoms with E-state index >= 15 is 0 Å². The summed E-state index contributed by atoms with van der Waals surface area (Å²) in [6.07, 6.45) is 1.46. The number of unbranched alkanes of at least 4 members (excludes halogenated alkanes) is 1. The van der Waals surface area contributed by atoms with Crippen LogP contribution in [0, 0.1) is 6.92 Å². The lowest BCUT2D eigenvalue weighted by Gasteiger charge is -2.24. The van der Waals surface area contributed by atoms with Crippen LogP contribution < -0.4 is 10.1 Å². The number of carbonyl (C=O) groups excluding carboxylic acids is 2. The average molecular weight is 409 g/mol. The molecular weight excluding hydrogens is 376 g/mol. The summed E-state index contributed by atoms with van der Waals surface area (Å²) in [5.41, 5.74) is 2.11. The van der Waals surface area contributed by atoms with Gasteiger partial charge in [-0.2, -0.15) is 0 Å². The maximum atomic E-state index is 13.1. The van der Waals surface area contributed by atoms with E-state index in [1.807, 2.05) is 55.5 Å². The van der Waals surface area contributed by atoms with E-state index in [0.717, 1.165) is 23.3 Å². The molecule has 1 N–H and O–H groups in total. The quantitative estimate of drug-likeness (QED) is 0.523. The van der Waals surface area contributed by atoms with E-state index < -0.39 is 5.54 Å². The second kappa shape index (κ2) is 8.50. The van der Waals surface area contributed by atoms with Crippen molar-refractivity contribution in [3.63, 3.8) is 0 Å². The second-order valence-corrected chi connectivity index (χ2v) is 9.16. The van der Waals surface area contributed by atoms with Crippen LogP contribution in [0.3, 0.4) is 0 Å². The molecule has 3 rings (SSSR count). The Labute approximate surface area is 179 Å². The molecule has 1 atom stereocenters. The molecule has 0 spiro atoms. The third-order valence-corrected chi connectivity index (χ3v) is 5.73. The van der Waals surface area contributed by atoms with E-state index in [0.29, 0.717) is 19.6 Å². The number of nitrogens with zero attached hydrogens (tertiary/aromatic N) is 1. The molecule has 2 aromatic carbocycles. The standard InChI is InChI=1S/C25H32N2O3/c1-18-10-6-7-11-21(18)30-17-9-8-16-27-22(28)25(5,26-23(27)29)20-14-12-19(13-15-20)24(2,3)4/h6-7,10-15H,8-9,16-17H2,1-5H3,(H,26,29). The predicted molar refractivity (Wildman–Crippen MR) is 119 cm³/mol. The second-order valence-electron chi connectivity index (χ2n) is 9.16. The fourth-order valence-corrected chi connectivity index (χ4v) is 3.67. The van der Waals surface area contributed by atoms with E-state index in [9.17, 15) is 9.59 Å². The topological polar surface area (TPSA) is 58.6 Å². The molecule has 1 fully saturated rings. The molecule has 1 aliphatic heterocycles. The van der Waals surface area contributed by atoms with Crippen molar-refractivity contribution in [1.82, 2.24) is 10.2 Å². The van der Waals surface area contributed by atoms with Crippen LogP contribution in [-0.4, -0.2) is 30.0 Å². The van der Waals surface area contributed by atoms with Gasteiger partial charge in [0.25, 0.3) is 5.91 Å². The number of carbonyl (C=O) groups is 2. The normalized spacial score (nSPS) is 19.2. The van der Waals surface area contributed by atoms with Crippen molar-refractivity contribution in [2.24, 2.45) is 0 Å². The fourth-order valence-electron chi connectivity index (χ4n) is 3.67. The van der Waals surface area contributed by atoms with Gasteiger partial charge in [0.2, 0.25) is 0 Å². The Balaban J connectivity index is 1.57. The van der Waals surface area contributed by atoms with Gasteiger partial charge in [0.1, 0.15) is 11.3 Å². The number of amides is 3. The Morgan fingerprint density at radius 1 is 1.00 bits per heavy atom. The number of imide groups is 1. The van der Waals surface area contributed by atoms with Gasteiger partial charge in [-0.15, -0.1) is 0 Å². The summed E-state index contributed by atoms with van der Waals surface area (Å²) in [4.78, 5) is 26.9. The molecule has 0 aliphatic carbocycles. The number of nitrogens with one attached hydrogen (secondary N) is 1. The fraction of sp³-hybridized carbons (Fsp3) is 0.440. The first-order valence-corrected chi connectivity index (χ1v) is 10.6. The zero-order valence-corrected chi connectivity index (χ0v) is 18.6. The molecule has 30 heavy (non-hydrogen) atoms. The van der Waals surface area contributed by atoms with E-state index in [-0.39, 0.29) is 17.4 Å². The van der Waals surface area contributed by atoms with Gasteiger partial charge in [-0.1, -0.05) is 63.2 Å². The van der Waals surface area contributed by atoms with Gasteiger partial charge in [-0.3, -0.25) is 9.69 Å². The Morgan fingerprint density at radius 3 is 2.30 bits per heavy atom. The first-order valence-electron chi connectivity index (χ1n) is 10.6. The number of urea groups is 1. The highest BCUT2D eigenvalue weighted by Crippen LogP contribution is 2.31. The summed E-state index contributed by atoms with van der Waals surface area (Å²) in [7, 11) is 0. The van der Waals surface area contributed by atoms with Gasteiger partial charge in [0, 0.05) is 6.54 Å². The van der Waals surface area contributed by atoms with E-state index in [2.05, 4.69) is 26.1 Å². The largest absolute Gasteiger partial charge is 0.493 e. The summed E-state index contributed by atoms with van der Waals surface area (Å²) >= 11 is 0. The Bertz CT molecular complexity index is 915. The van der Waals surface area contributed by atoms with Crippen molar-refractivity contribution in [1.29, 1.82) is 0 Å². The first kappa shape index (κ1) is 21.9. The molecule has 160 valence electrons. The predicted octanol–water partition coefficient (Wildman–Crippen LogP) is 4.92. The van der Waals surface area contributed by atoms with Crippen LogP contribution in [0.5, 0.6) is 5.75 Å². The van der Waals surface area contributed by atoms with Crippen molar-refractivity contribution < 1.29 is 14.3 Å². The molecule has 5 nitrogen and oxygen atoms in total. The molecule has 0 radical (unpaired) electrons. The van der Waals surface area contributed by atoms with Gasteiger partial charge in [0.15, 0.2) is 0 Å². The summed E-state index contributed by atoms with van der Waals surface area (Å²) in [6.45, 7) is 11.2. The summed E-state index contributed by atoms with van der Waals surface area (Å²) in [5.74, 6) is 0.676. The lowest BCUT2D eigenvalue weighted by molar-refractivity contribution is -0.131. The van der Waals surface area contributed by atoms with Crippen LogP contribution in [0.4, 0.5) is 4.79 Å². The van der Waals surface area contributed by atoms with E-state index in [1.54, 1.807) is 6.92 Å². The Kier molecular flexibility index (Phi) is 6.20. The SMILES string of the molecule is Cc1ccccc1OCCCCN1C(=O)NC(C)(c2ccc(C(C)(C)C)cc2)C1=O. The highest BCUT2D eigenvalue weighted by atomic mass is 16.5. The minimum atomic E-state index is -1.02. The Morgan fingerprint density at radius 2 is 1.67 bits per heavy atom. The van der Waals surface area contributed by atoms with Crippen molar-refractivity contribution in [3.05, 3.63) is 65.2 Å². The van der Waals surface area contributed by atoms with Crippen molar-refractivity contribution >= 4 is 11.9 Å². The molecule has 0 saturated carbocycles. The van der Waals surface area contributed by atoms with Gasteiger partial charge >= 0.3 is 6.03 Å². The maximum Gasteiger partial charge on any atom is 0.325 e. The molecule has 0 aromatic heterocycles. The minimum Gasteiger partial charge on any atom is -0.493 e. The van der Waals surface area contributed by atoms with Crippen LogP contribution in [0.15, 0.2) is 48.5 Å². The van der Waals surface area contributed by atoms with Gasteiger partial charge < -0.3 is 10.1 Å². The highest BCUT2D eigenvalue weighted by molar-refractivity contribution is 6.07. The number of para-hydroxylation sites is 1. The molecule has 1 heterocycles. The van der Waals surface area contributed by atoms with Gasteiger partial charge in [0.05, 0.1) is 6.61 Å². The van der Waals surface area contributed by atoms with Crippen molar-refractivity contribution in [3.8, 4) is 5.75 Å². The number of hydrogen-bond acceptors (Lipinski definition) is 3. The first-order chi connectivity index (χ1) is 14.1. The number of ether oxygens (including phenoxy) is 1. The van der Waals surface area contributed by atoms with Crippen LogP contribution >= 0.6 is 0 Å². The number of benzene rings is 2. The minimum absolute atomic E-state index is 0.0365. The monoisotopic (exact) mass is 408 g/mol. The van der Waals surface area contributed by atoms with Crippen LogP contribution in [0.1, 0.15) is 57.2 Å².